The van der Waals surface area contributed by atoms with E-state index >= 15 is 0 Å². The van der Waals surface area contributed by atoms with E-state index in [2.05, 4.69) is 10.0 Å². The molecular weight excluding hydrogens is 510 g/mol. The molecule has 0 aliphatic rings. The monoisotopic (exact) mass is 539 g/mol. The van der Waals surface area contributed by atoms with Crippen LogP contribution in [0.3, 0.4) is 0 Å². The molecule has 4 aromatic rings. The number of hydrogen-bond acceptors (Lipinski definition) is 7. The first-order valence-electron chi connectivity index (χ1n) is 11.9. The summed E-state index contributed by atoms with van der Waals surface area (Å²) in [7, 11) is -3.41. The Hall–Kier alpha value is -4.06. The number of hydrogen-bond donors (Lipinski definition) is 4. The van der Waals surface area contributed by atoms with Crippen LogP contribution < -0.4 is 19.5 Å². The Morgan fingerprint density at radius 2 is 1.82 bits per heavy atom. The van der Waals surface area contributed by atoms with Gasteiger partial charge in [-0.2, -0.15) is 0 Å². The van der Waals surface area contributed by atoms with Crippen LogP contribution in [0.2, 0.25) is 0 Å². The van der Waals surface area contributed by atoms with Gasteiger partial charge in [-0.1, -0.05) is 42.5 Å². The molecule has 3 aromatic carbocycles. The van der Waals surface area contributed by atoms with Gasteiger partial charge in [0.2, 0.25) is 15.9 Å². The van der Waals surface area contributed by atoms with Gasteiger partial charge in [0, 0.05) is 36.3 Å². The lowest BCUT2D eigenvalue weighted by molar-refractivity contribution is 0.141. The molecule has 4 N–H and O–H groups in total. The van der Waals surface area contributed by atoms with Crippen LogP contribution in [0.4, 0.5) is 10.5 Å². The van der Waals surface area contributed by atoms with Crippen molar-refractivity contribution in [2.75, 3.05) is 30.7 Å². The molecule has 0 aliphatic heterocycles. The largest absolute Gasteiger partial charge is 0.512 e. The average molecular weight is 540 g/mol. The van der Waals surface area contributed by atoms with Crippen molar-refractivity contribution in [2.45, 2.75) is 12.6 Å². The van der Waals surface area contributed by atoms with Gasteiger partial charge < -0.3 is 29.6 Å². The normalized spacial score (nSPS) is 12.3. The third-order valence-corrected chi connectivity index (χ3v) is 6.28. The summed E-state index contributed by atoms with van der Waals surface area (Å²) in [5.74, 6) is 0.827. The Morgan fingerprint density at radius 3 is 2.55 bits per heavy atom. The molecule has 0 radical (unpaired) electrons. The van der Waals surface area contributed by atoms with E-state index in [1.807, 2.05) is 42.5 Å². The van der Waals surface area contributed by atoms with Crippen molar-refractivity contribution < 1.29 is 32.9 Å². The Balaban J connectivity index is 1.36. The third-order valence-electron chi connectivity index (χ3n) is 5.67. The van der Waals surface area contributed by atoms with Gasteiger partial charge in [0.25, 0.3) is 0 Å². The maximum Gasteiger partial charge on any atom is 0.512 e. The van der Waals surface area contributed by atoms with Crippen molar-refractivity contribution in [3.05, 3.63) is 90.0 Å². The number of carboxylic acid groups (broad SMARTS) is 1. The minimum Gasteiger partial charge on any atom is -0.492 e. The summed E-state index contributed by atoms with van der Waals surface area (Å²) in [6.45, 7) is 1.46. The maximum absolute atomic E-state index is 11.4. The number of nitrogens with zero attached hydrogens (tertiary/aromatic N) is 1. The van der Waals surface area contributed by atoms with Gasteiger partial charge in [0.05, 0.1) is 24.4 Å². The van der Waals surface area contributed by atoms with Crippen LogP contribution in [0.25, 0.3) is 10.9 Å². The predicted octanol–water partition coefficient (Wildman–Crippen LogP) is 3.82. The van der Waals surface area contributed by atoms with Crippen molar-refractivity contribution in [1.29, 1.82) is 0 Å². The summed E-state index contributed by atoms with van der Waals surface area (Å²) in [5.41, 5.74) is 2.73. The standard InChI is InChI=1S/C27H29N3O7S/c1-38(34,35)29-22-9-5-8-21(14-22)25(31)17-28-12-13-36-23-11-10-20-15-26(37-27(32)33)30(24(20)16-23)18-19-6-3-2-4-7-19/h2-11,14-16,25,28-29,31H,12-13,17-18H2,1H3,(H,32,33)/t25-/m0/s1. The quantitative estimate of drug-likeness (QED) is 0.157. The summed E-state index contributed by atoms with van der Waals surface area (Å²) in [6, 6.07) is 23.4. The van der Waals surface area contributed by atoms with Crippen LogP contribution in [-0.2, 0) is 16.6 Å². The van der Waals surface area contributed by atoms with E-state index in [1.165, 1.54) is 0 Å². The van der Waals surface area contributed by atoms with E-state index < -0.39 is 22.3 Å². The highest BCUT2D eigenvalue weighted by Crippen LogP contribution is 2.30. The smallest absolute Gasteiger partial charge is 0.492 e. The molecule has 4 rings (SSSR count). The Bertz CT molecular complexity index is 1500. The molecule has 0 bridgehead atoms. The number of ether oxygens (including phenoxy) is 2. The van der Waals surface area contributed by atoms with Crippen molar-refractivity contribution in [1.82, 2.24) is 9.88 Å². The van der Waals surface area contributed by atoms with Gasteiger partial charge in [-0.15, -0.1) is 0 Å². The van der Waals surface area contributed by atoms with E-state index in [-0.39, 0.29) is 12.4 Å². The highest BCUT2D eigenvalue weighted by Gasteiger charge is 2.15. The van der Waals surface area contributed by atoms with Crippen LogP contribution in [0.1, 0.15) is 17.2 Å². The zero-order chi connectivity index (χ0) is 27.1. The van der Waals surface area contributed by atoms with E-state index in [0.29, 0.717) is 36.7 Å². The molecule has 0 fully saturated rings. The lowest BCUT2D eigenvalue weighted by atomic mass is 10.1. The second-order valence-corrected chi connectivity index (χ2v) is 10.5. The highest BCUT2D eigenvalue weighted by atomic mass is 32.2. The summed E-state index contributed by atoms with van der Waals surface area (Å²) in [5, 5.41) is 23.6. The van der Waals surface area contributed by atoms with E-state index in [9.17, 15) is 18.3 Å². The van der Waals surface area contributed by atoms with Crippen LogP contribution in [0.5, 0.6) is 11.6 Å². The number of benzene rings is 3. The summed E-state index contributed by atoms with van der Waals surface area (Å²) in [4.78, 5) is 11.2. The lowest BCUT2D eigenvalue weighted by Gasteiger charge is -2.14. The fraction of sp³-hybridized carbons (Fsp3) is 0.222. The van der Waals surface area contributed by atoms with Crippen LogP contribution >= 0.6 is 0 Å². The zero-order valence-electron chi connectivity index (χ0n) is 20.7. The van der Waals surface area contributed by atoms with Gasteiger partial charge >= 0.3 is 6.16 Å². The van der Waals surface area contributed by atoms with Crippen LogP contribution in [-0.4, -0.2) is 55.3 Å². The van der Waals surface area contributed by atoms with Gasteiger partial charge in [0.1, 0.15) is 12.4 Å². The number of aliphatic hydroxyl groups excluding tert-OH is 1. The first kappa shape index (κ1) is 27.0. The number of aliphatic hydroxyl groups is 1. The molecule has 1 atom stereocenters. The summed E-state index contributed by atoms with van der Waals surface area (Å²) >= 11 is 0. The van der Waals surface area contributed by atoms with E-state index in [4.69, 9.17) is 14.6 Å². The molecule has 0 unspecified atom stereocenters. The minimum absolute atomic E-state index is 0.222. The molecule has 0 saturated carbocycles. The number of rotatable bonds is 12. The molecule has 0 aliphatic carbocycles. The maximum atomic E-state index is 11.4. The molecule has 1 heterocycles. The number of nitrogens with one attached hydrogen (secondary N) is 2. The number of anilines is 1. The average Bonchev–Trinajstić information content (AvgIpc) is 3.19. The molecular formula is C27H29N3O7S. The third kappa shape index (κ3) is 7.48. The molecule has 11 heteroatoms. The second-order valence-electron chi connectivity index (χ2n) is 8.71. The van der Waals surface area contributed by atoms with Crippen molar-refractivity contribution >= 4 is 32.8 Å². The minimum atomic E-state index is -3.41. The highest BCUT2D eigenvalue weighted by molar-refractivity contribution is 7.92. The molecule has 10 nitrogen and oxygen atoms in total. The fourth-order valence-electron chi connectivity index (χ4n) is 4.02. The van der Waals surface area contributed by atoms with Crippen LogP contribution in [0.15, 0.2) is 78.9 Å². The van der Waals surface area contributed by atoms with E-state index in [1.54, 1.807) is 41.0 Å². The summed E-state index contributed by atoms with van der Waals surface area (Å²) in [6.07, 6.45) is -1.15. The van der Waals surface area contributed by atoms with E-state index in [0.717, 1.165) is 22.7 Å². The SMILES string of the molecule is CS(=O)(=O)Nc1cccc([C@@H](O)CNCCOc2ccc3cc(OC(=O)O)n(Cc4ccccc4)c3c2)c1. The molecule has 0 spiro atoms. The molecule has 200 valence electrons. The predicted molar refractivity (Wildman–Crippen MR) is 144 cm³/mol. The number of fused-ring (bicyclic) bond motifs is 1. The Morgan fingerprint density at radius 1 is 1.03 bits per heavy atom. The number of carbonyl (C=O) groups is 1. The summed E-state index contributed by atoms with van der Waals surface area (Å²) < 4.78 is 37.9. The number of sulfonamides is 1. The van der Waals surface area contributed by atoms with Gasteiger partial charge in [-0.3, -0.25) is 4.72 Å². The van der Waals surface area contributed by atoms with Gasteiger partial charge in [-0.05, 0) is 35.4 Å². The van der Waals surface area contributed by atoms with Crippen molar-refractivity contribution in [3.63, 3.8) is 0 Å². The van der Waals surface area contributed by atoms with Gasteiger partial charge in [0.15, 0.2) is 0 Å². The van der Waals surface area contributed by atoms with Gasteiger partial charge in [-0.25, -0.2) is 13.2 Å². The van der Waals surface area contributed by atoms with Crippen molar-refractivity contribution in [3.8, 4) is 11.6 Å². The molecule has 1 aromatic heterocycles. The molecule has 0 saturated heterocycles. The topological polar surface area (TPSA) is 139 Å². The first-order chi connectivity index (χ1) is 18.2. The number of aromatic nitrogens is 1. The molecule has 38 heavy (non-hydrogen) atoms. The first-order valence-corrected chi connectivity index (χ1v) is 13.7. The zero-order valence-corrected chi connectivity index (χ0v) is 21.5. The lowest BCUT2D eigenvalue weighted by Crippen LogP contribution is -2.26. The fourth-order valence-corrected chi connectivity index (χ4v) is 4.58. The van der Waals surface area contributed by atoms with Crippen molar-refractivity contribution in [2.24, 2.45) is 0 Å². The Kier molecular flexibility index (Phi) is 8.52. The Labute approximate surface area is 220 Å². The van der Waals surface area contributed by atoms with Crippen LogP contribution in [0, 0.1) is 0 Å². The second kappa shape index (κ2) is 12.0. The molecule has 0 amide bonds.